The van der Waals surface area contributed by atoms with Crippen molar-refractivity contribution in [2.75, 3.05) is 24.5 Å². The van der Waals surface area contributed by atoms with Gasteiger partial charge in [0.25, 0.3) is 11.6 Å². The van der Waals surface area contributed by atoms with Crippen molar-refractivity contribution in [2.24, 2.45) is 4.99 Å². The zero-order valence-electron chi connectivity index (χ0n) is 13.6. The summed E-state index contributed by atoms with van der Waals surface area (Å²) in [6.45, 7) is 5.58. The zero-order valence-corrected chi connectivity index (χ0v) is 13.6. The number of piperazine rings is 1. The molecule has 0 radical (unpaired) electrons. The number of aliphatic imine (C=N–C) groups is 1. The van der Waals surface area contributed by atoms with Gasteiger partial charge in [0.2, 0.25) is 0 Å². The van der Waals surface area contributed by atoms with Gasteiger partial charge in [0.05, 0.1) is 4.92 Å². The fraction of sp³-hybridized carbons (Fsp3) is 0.438. The Bertz CT molecular complexity index is 701. The first-order valence-corrected chi connectivity index (χ1v) is 7.80. The monoisotopic (exact) mass is 329 g/mol. The van der Waals surface area contributed by atoms with Gasteiger partial charge in [0.1, 0.15) is 12.0 Å². The van der Waals surface area contributed by atoms with Crippen molar-refractivity contribution < 1.29 is 9.72 Å². The van der Waals surface area contributed by atoms with Crippen LogP contribution in [0.2, 0.25) is 0 Å². The van der Waals surface area contributed by atoms with Gasteiger partial charge >= 0.3 is 0 Å². The molecule has 2 aliphatic rings. The summed E-state index contributed by atoms with van der Waals surface area (Å²) < 4.78 is 0. The van der Waals surface area contributed by atoms with E-state index in [0.29, 0.717) is 25.5 Å². The molecule has 1 fully saturated rings. The standard InChI is InChI=1S/C16H19N5O3/c1-12-11-19(15(22)16(2)6-3-7-18-16)8-9-20(12)14-5-4-13(10-17-14)21(23)24/h3-7,10,12H,8-9,11H2,1-2H3/t12-,16+/m1/s1. The van der Waals surface area contributed by atoms with E-state index in [4.69, 9.17) is 0 Å². The lowest BCUT2D eigenvalue weighted by Gasteiger charge is -2.42. The van der Waals surface area contributed by atoms with Crippen molar-refractivity contribution in [3.63, 3.8) is 0 Å². The molecule has 0 aromatic carbocycles. The molecule has 2 atom stereocenters. The molecule has 3 rings (SSSR count). The lowest BCUT2D eigenvalue weighted by Crippen LogP contribution is -2.57. The maximum absolute atomic E-state index is 12.7. The Morgan fingerprint density at radius 2 is 2.21 bits per heavy atom. The highest BCUT2D eigenvalue weighted by atomic mass is 16.6. The third-order valence-electron chi connectivity index (χ3n) is 4.43. The number of allylic oxidation sites excluding steroid dienone is 1. The van der Waals surface area contributed by atoms with Crippen LogP contribution in [0.1, 0.15) is 13.8 Å². The summed E-state index contributed by atoms with van der Waals surface area (Å²) in [4.78, 5) is 35.2. The van der Waals surface area contributed by atoms with Crippen LogP contribution in [-0.2, 0) is 4.79 Å². The van der Waals surface area contributed by atoms with E-state index in [9.17, 15) is 14.9 Å². The van der Waals surface area contributed by atoms with Crippen molar-refractivity contribution >= 4 is 23.6 Å². The van der Waals surface area contributed by atoms with Crippen LogP contribution in [0.5, 0.6) is 0 Å². The Morgan fingerprint density at radius 3 is 2.75 bits per heavy atom. The highest BCUT2D eigenvalue weighted by Crippen LogP contribution is 2.24. The predicted octanol–water partition coefficient (Wildman–Crippen LogP) is 1.43. The Morgan fingerprint density at radius 1 is 1.42 bits per heavy atom. The number of nitrogens with zero attached hydrogens (tertiary/aromatic N) is 5. The summed E-state index contributed by atoms with van der Waals surface area (Å²) in [5.41, 5.74) is -0.827. The van der Waals surface area contributed by atoms with E-state index in [1.54, 1.807) is 18.4 Å². The fourth-order valence-electron chi connectivity index (χ4n) is 3.06. The molecule has 3 heterocycles. The minimum absolute atomic E-state index is 0.00402. The number of carbonyl (C=O) groups excluding carboxylic acids is 1. The predicted molar refractivity (Wildman–Crippen MR) is 90.3 cm³/mol. The van der Waals surface area contributed by atoms with Crippen LogP contribution in [0.4, 0.5) is 11.5 Å². The number of hydrogen-bond donors (Lipinski definition) is 0. The average Bonchev–Trinajstić information content (AvgIpc) is 3.02. The Balaban J connectivity index is 1.69. The molecule has 126 valence electrons. The van der Waals surface area contributed by atoms with E-state index in [2.05, 4.69) is 14.9 Å². The third-order valence-corrected chi connectivity index (χ3v) is 4.43. The number of pyridine rings is 1. The molecule has 0 unspecified atom stereocenters. The number of rotatable bonds is 3. The summed E-state index contributed by atoms with van der Waals surface area (Å²) in [5, 5.41) is 10.7. The number of aromatic nitrogens is 1. The second-order valence-electron chi connectivity index (χ2n) is 6.21. The largest absolute Gasteiger partial charge is 0.350 e. The quantitative estimate of drug-likeness (QED) is 0.618. The maximum atomic E-state index is 12.7. The van der Waals surface area contributed by atoms with Crippen molar-refractivity contribution in [1.82, 2.24) is 9.88 Å². The fourth-order valence-corrected chi connectivity index (χ4v) is 3.06. The maximum Gasteiger partial charge on any atom is 0.287 e. The van der Waals surface area contributed by atoms with Crippen LogP contribution in [0.3, 0.4) is 0 Å². The van der Waals surface area contributed by atoms with E-state index >= 15 is 0 Å². The topological polar surface area (TPSA) is 91.9 Å². The number of amides is 1. The molecule has 0 N–H and O–H groups in total. The molecular weight excluding hydrogens is 310 g/mol. The Kier molecular flexibility index (Phi) is 4.04. The lowest BCUT2D eigenvalue weighted by molar-refractivity contribution is -0.385. The SMILES string of the molecule is C[C@@H]1CN(C(=O)[C@]2(C)C=CC=N2)CCN1c1ccc([N+](=O)[O-])cn1. The van der Waals surface area contributed by atoms with Crippen LogP contribution >= 0.6 is 0 Å². The zero-order chi connectivity index (χ0) is 17.3. The second-order valence-corrected chi connectivity index (χ2v) is 6.21. The van der Waals surface area contributed by atoms with Gasteiger partial charge < -0.3 is 9.80 Å². The first kappa shape index (κ1) is 16.1. The molecule has 1 amide bonds. The van der Waals surface area contributed by atoms with Gasteiger partial charge in [-0.3, -0.25) is 19.9 Å². The molecule has 0 aliphatic carbocycles. The summed E-state index contributed by atoms with van der Waals surface area (Å²) in [6.07, 6.45) is 6.51. The molecular formula is C16H19N5O3. The van der Waals surface area contributed by atoms with E-state index < -0.39 is 10.5 Å². The van der Waals surface area contributed by atoms with Crippen LogP contribution in [-0.4, -0.2) is 58.1 Å². The number of nitro groups is 1. The number of anilines is 1. The van der Waals surface area contributed by atoms with Gasteiger partial charge in [-0.1, -0.05) is 0 Å². The average molecular weight is 329 g/mol. The summed E-state index contributed by atoms with van der Waals surface area (Å²) in [6, 6.07) is 3.16. The van der Waals surface area contributed by atoms with Crippen LogP contribution in [0, 0.1) is 10.1 Å². The van der Waals surface area contributed by atoms with Crippen LogP contribution < -0.4 is 4.90 Å². The molecule has 0 spiro atoms. The highest BCUT2D eigenvalue weighted by molar-refractivity contribution is 5.94. The summed E-state index contributed by atoms with van der Waals surface area (Å²) in [7, 11) is 0. The summed E-state index contributed by atoms with van der Waals surface area (Å²) >= 11 is 0. The first-order chi connectivity index (χ1) is 11.4. The molecule has 0 saturated carbocycles. The smallest absolute Gasteiger partial charge is 0.287 e. The minimum atomic E-state index is -0.798. The van der Waals surface area contributed by atoms with Gasteiger partial charge in [-0.05, 0) is 32.1 Å². The molecule has 1 aromatic rings. The lowest BCUT2D eigenvalue weighted by atomic mass is 10.0. The van der Waals surface area contributed by atoms with Gasteiger partial charge in [0, 0.05) is 38.0 Å². The minimum Gasteiger partial charge on any atom is -0.350 e. The van der Waals surface area contributed by atoms with E-state index in [-0.39, 0.29) is 17.6 Å². The second kappa shape index (κ2) is 6.03. The normalized spacial score (nSPS) is 26.0. The molecule has 8 heteroatoms. The third kappa shape index (κ3) is 2.86. The van der Waals surface area contributed by atoms with E-state index in [0.717, 1.165) is 0 Å². The van der Waals surface area contributed by atoms with Crippen LogP contribution in [0.25, 0.3) is 0 Å². The molecule has 1 saturated heterocycles. The molecule has 2 aliphatic heterocycles. The van der Waals surface area contributed by atoms with Gasteiger partial charge in [-0.15, -0.1) is 0 Å². The van der Waals surface area contributed by atoms with Gasteiger partial charge in [-0.2, -0.15) is 0 Å². The molecule has 0 bridgehead atoms. The number of hydrogen-bond acceptors (Lipinski definition) is 6. The van der Waals surface area contributed by atoms with E-state index in [1.165, 1.54) is 12.3 Å². The Labute approximate surface area is 139 Å². The highest BCUT2D eigenvalue weighted by Gasteiger charge is 2.38. The van der Waals surface area contributed by atoms with Crippen molar-refractivity contribution in [2.45, 2.75) is 25.4 Å². The molecule has 8 nitrogen and oxygen atoms in total. The first-order valence-electron chi connectivity index (χ1n) is 7.80. The molecule has 1 aromatic heterocycles. The van der Waals surface area contributed by atoms with Gasteiger partial charge in [-0.25, -0.2) is 4.98 Å². The van der Waals surface area contributed by atoms with Crippen molar-refractivity contribution in [3.05, 3.63) is 40.6 Å². The van der Waals surface area contributed by atoms with Crippen LogP contribution in [0.15, 0.2) is 35.5 Å². The molecule has 24 heavy (non-hydrogen) atoms. The summed E-state index contributed by atoms with van der Waals surface area (Å²) in [5.74, 6) is 0.681. The van der Waals surface area contributed by atoms with Crippen molar-refractivity contribution in [3.8, 4) is 0 Å². The number of carbonyl (C=O) groups is 1. The van der Waals surface area contributed by atoms with Gasteiger partial charge in [0.15, 0.2) is 5.54 Å². The van der Waals surface area contributed by atoms with Crippen molar-refractivity contribution in [1.29, 1.82) is 0 Å². The Hall–Kier alpha value is -2.77. The van der Waals surface area contributed by atoms with E-state index in [1.807, 2.05) is 24.8 Å².